The molecule has 0 saturated heterocycles. The van der Waals surface area contributed by atoms with Gasteiger partial charge in [-0.1, -0.05) is 22.7 Å². The maximum atomic E-state index is 12.6. The van der Waals surface area contributed by atoms with Crippen LogP contribution in [0.1, 0.15) is 23.0 Å². The predicted octanol–water partition coefficient (Wildman–Crippen LogP) is 2.01. The SMILES string of the molecule is CCOC(=O)CCn1c(=NC(=O)c2ccc([N+](=O)[O-])s2)sc2cc(S(N)(=O)=O)ccc21. The summed E-state index contributed by atoms with van der Waals surface area (Å²) in [5, 5.41) is 15.8. The van der Waals surface area contributed by atoms with Crippen molar-refractivity contribution >= 4 is 59.8 Å². The highest BCUT2D eigenvalue weighted by molar-refractivity contribution is 7.89. The van der Waals surface area contributed by atoms with Crippen LogP contribution in [0.2, 0.25) is 0 Å². The van der Waals surface area contributed by atoms with E-state index in [0.29, 0.717) is 21.6 Å². The number of aromatic nitrogens is 1. The first-order valence-corrected chi connectivity index (χ1v) is 11.9. The predicted molar refractivity (Wildman–Crippen MR) is 113 cm³/mol. The first-order chi connectivity index (χ1) is 14.6. The summed E-state index contributed by atoms with van der Waals surface area (Å²) < 4.78 is 30.3. The molecule has 1 amide bonds. The summed E-state index contributed by atoms with van der Waals surface area (Å²) in [6, 6.07) is 6.71. The maximum absolute atomic E-state index is 12.6. The molecular weight excluding hydrogens is 468 g/mol. The van der Waals surface area contributed by atoms with Crippen LogP contribution < -0.4 is 9.94 Å². The quantitative estimate of drug-likeness (QED) is 0.304. The number of fused-ring (bicyclic) bond motifs is 1. The summed E-state index contributed by atoms with van der Waals surface area (Å²) in [4.78, 5) is 38.8. The van der Waals surface area contributed by atoms with Gasteiger partial charge in [0, 0.05) is 12.6 Å². The van der Waals surface area contributed by atoms with Gasteiger partial charge in [-0.15, -0.1) is 0 Å². The molecular formula is C17H16N4O7S3. The van der Waals surface area contributed by atoms with E-state index < -0.39 is 26.8 Å². The lowest BCUT2D eigenvalue weighted by Gasteiger charge is -2.06. The van der Waals surface area contributed by atoms with E-state index in [1.807, 2.05) is 0 Å². The van der Waals surface area contributed by atoms with Gasteiger partial charge in [0.2, 0.25) is 10.0 Å². The molecule has 3 rings (SSSR count). The van der Waals surface area contributed by atoms with E-state index in [1.54, 1.807) is 11.5 Å². The van der Waals surface area contributed by atoms with Crippen molar-refractivity contribution in [2.24, 2.45) is 10.1 Å². The number of thiophene rings is 1. The molecule has 3 aromatic rings. The largest absolute Gasteiger partial charge is 0.466 e. The molecule has 0 unspecified atom stereocenters. The number of benzene rings is 1. The van der Waals surface area contributed by atoms with Gasteiger partial charge < -0.3 is 9.30 Å². The number of nitrogens with two attached hydrogens (primary N) is 1. The molecule has 2 heterocycles. The van der Waals surface area contributed by atoms with E-state index in [4.69, 9.17) is 9.88 Å². The topological polar surface area (TPSA) is 164 Å². The zero-order chi connectivity index (χ0) is 22.8. The zero-order valence-electron chi connectivity index (χ0n) is 16.0. The lowest BCUT2D eigenvalue weighted by atomic mass is 10.3. The Bertz CT molecular complexity index is 1350. The molecule has 164 valence electrons. The normalized spacial score (nSPS) is 12.3. The van der Waals surface area contributed by atoms with Crippen LogP contribution in [-0.4, -0.2) is 36.4 Å². The number of ether oxygens (including phenoxy) is 1. The van der Waals surface area contributed by atoms with Gasteiger partial charge in [-0.25, -0.2) is 13.6 Å². The van der Waals surface area contributed by atoms with E-state index in [-0.39, 0.29) is 39.1 Å². The molecule has 11 nitrogen and oxygen atoms in total. The summed E-state index contributed by atoms with van der Waals surface area (Å²) >= 11 is 1.72. The van der Waals surface area contributed by atoms with Crippen LogP contribution in [0.15, 0.2) is 40.2 Å². The second-order valence-corrected chi connectivity index (χ2v) is 9.71. The van der Waals surface area contributed by atoms with Crippen molar-refractivity contribution in [1.82, 2.24) is 4.57 Å². The third-order valence-electron chi connectivity index (χ3n) is 4.01. The van der Waals surface area contributed by atoms with Crippen molar-refractivity contribution in [2.75, 3.05) is 6.61 Å². The lowest BCUT2D eigenvalue weighted by Crippen LogP contribution is -2.19. The highest BCUT2D eigenvalue weighted by Crippen LogP contribution is 2.25. The number of hydrogen-bond acceptors (Lipinski definition) is 9. The van der Waals surface area contributed by atoms with Gasteiger partial charge in [-0.2, -0.15) is 4.99 Å². The fraction of sp³-hybridized carbons (Fsp3) is 0.235. The molecule has 0 aliphatic rings. The summed E-state index contributed by atoms with van der Waals surface area (Å²) in [7, 11) is -3.94. The fourth-order valence-electron chi connectivity index (χ4n) is 2.65. The molecule has 14 heteroatoms. The first kappa shape index (κ1) is 22.7. The molecule has 0 atom stereocenters. The van der Waals surface area contributed by atoms with Crippen molar-refractivity contribution in [2.45, 2.75) is 24.8 Å². The van der Waals surface area contributed by atoms with E-state index in [9.17, 15) is 28.1 Å². The smallest absolute Gasteiger partial charge is 0.324 e. The Kier molecular flexibility index (Phi) is 6.64. The van der Waals surface area contributed by atoms with Crippen molar-refractivity contribution in [3.8, 4) is 0 Å². The van der Waals surface area contributed by atoms with Gasteiger partial charge in [0.25, 0.3) is 5.91 Å². The van der Waals surface area contributed by atoms with Gasteiger partial charge in [0.1, 0.15) is 4.88 Å². The van der Waals surface area contributed by atoms with Gasteiger partial charge in [-0.05, 0) is 31.2 Å². The minimum Gasteiger partial charge on any atom is -0.466 e. The van der Waals surface area contributed by atoms with Crippen molar-refractivity contribution in [3.63, 3.8) is 0 Å². The second kappa shape index (κ2) is 9.05. The van der Waals surface area contributed by atoms with E-state index in [0.717, 1.165) is 11.3 Å². The molecule has 0 saturated carbocycles. The minimum atomic E-state index is -3.94. The summed E-state index contributed by atoms with van der Waals surface area (Å²) in [5.74, 6) is -1.14. The first-order valence-electron chi connectivity index (χ1n) is 8.75. The average molecular weight is 485 g/mol. The lowest BCUT2D eigenvalue weighted by molar-refractivity contribution is -0.380. The standard InChI is InChI=1S/C17H16N4O7S3/c1-2-28-15(22)7-8-20-11-4-3-10(31(18,26)27)9-13(11)30-17(20)19-16(23)12-5-6-14(29-12)21(24)25/h3-6,9H,2,7-8H2,1H3,(H2,18,26,27). The number of primary sulfonamides is 1. The number of thiazole rings is 1. The number of nitrogens with zero attached hydrogens (tertiary/aromatic N) is 3. The van der Waals surface area contributed by atoms with Gasteiger partial charge in [-0.3, -0.25) is 19.7 Å². The monoisotopic (exact) mass is 484 g/mol. The number of carbonyl (C=O) groups excluding carboxylic acids is 2. The number of aryl methyl sites for hydroxylation is 1. The van der Waals surface area contributed by atoms with Crippen molar-refractivity contribution in [3.05, 3.63) is 50.1 Å². The molecule has 0 spiro atoms. The van der Waals surface area contributed by atoms with Crippen LogP contribution in [0.5, 0.6) is 0 Å². The third kappa shape index (κ3) is 5.22. The van der Waals surface area contributed by atoms with E-state index >= 15 is 0 Å². The molecule has 0 bridgehead atoms. The number of carbonyl (C=O) groups is 2. The number of nitro groups is 1. The number of hydrogen-bond donors (Lipinski definition) is 1. The van der Waals surface area contributed by atoms with Gasteiger partial charge in [0.05, 0.1) is 33.1 Å². The molecule has 2 aromatic heterocycles. The molecule has 31 heavy (non-hydrogen) atoms. The Morgan fingerprint density at radius 2 is 2.00 bits per heavy atom. The van der Waals surface area contributed by atoms with Crippen LogP contribution in [0.3, 0.4) is 0 Å². The Balaban J connectivity index is 2.09. The molecule has 0 radical (unpaired) electrons. The molecule has 2 N–H and O–H groups in total. The van der Waals surface area contributed by atoms with Crippen LogP contribution >= 0.6 is 22.7 Å². The number of amides is 1. The third-order valence-corrected chi connectivity index (χ3v) is 6.98. The average Bonchev–Trinajstić information content (AvgIpc) is 3.30. The highest BCUT2D eigenvalue weighted by Gasteiger charge is 2.17. The second-order valence-electron chi connectivity index (χ2n) is 6.08. The zero-order valence-corrected chi connectivity index (χ0v) is 18.5. The van der Waals surface area contributed by atoms with Gasteiger partial charge >= 0.3 is 11.0 Å². The Morgan fingerprint density at radius 3 is 2.61 bits per heavy atom. The maximum Gasteiger partial charge on any atom is 0.324 e. The molecule has 1 aromatic carbocycles. The number of rotatable bonds is 7. The van der Waals surface area contributed by atoms with Crippen LogP contribution in [0.4, 0.5) is 5.00 Å². The molecule has 0 aliphatic carbocycles. The molecule has 0 fully saturated rings. The summed E-state index contributed by atoms with van der Waals surface area (Å²) in [5.41, 5.74) is 0.547. The number of sulfonamides is 1. The van der Waals surface area contributed by atoms with Crippen molar-refractivity contribution in [1.29, 1.82) is 0 Å². The van der Waals surface area contributed by atoms with E-state index in [1.165, 1.54) is 30.3 Å². The fourth-order valence-corrected chi connectivity index (χ4v) is 5.06. The van der Waals surface area contributed by atoms with Crippen molar-refractivity contribution < 1.29 is 27.7 Å². The van der Waals surface area contributed by atoms with Crippen LogP contribution in [0.25, 0.3) is 10.2 Å². The minimum absolute atomic E-state index is 0.00244. The Labute approximate surface area is 183 Å². The van der Waals surface area contributed by atoms with Gasteiger partial charge in [0.15, 0.2) is 4.80 Å². The van der Waals surface area contributed by atoms with Crippen LogP contribution in [-0.2, 0) is 26.1 Å². The number of esters is 1. The summed E-state index contributed by atoms with van der Waals surface area (Å²) in [6.45, 7) is 2.03. The van der Waals surface area contributed by atoms with E-state index in [2.05, 4.69) is 4.99 Å². The Hall–Kier alpha value is -2.94. The highest BCUT2D eigenvalue weighted by atomic mass is 32.2. The molecule has 0 aliphatic heterocycles. The Morgan fingerprint density at radius 1 is 1.26 bits per heavy atom. The summed E-state index contributed by atoms with van der Waals surface area (Å²) in [6.07, 6.45) is 0.00244. The van der Waals surface area contributed by atoms with Crippen LogP contribution in [0, 0.1) is 10.1 Å².